The second kappa shape index (κ2) is 6.90. The topological polar surface area (TPSA) is 72.9 Å². The zero-order chi connectivity index (χ0) is 13.5. The van der Waals surface area contributed by atoms with Crippen LogP contribution in [0.1, 0.15) is 20.3 Å². The number of hydrogen-bond acceptors (Lipinski definition) is 5. The summed E-state index contributed by atoms with van der Waals surface area (Å²) in [4.78, 5) is 34.4. The average molecular weight is 255 g/mol. The lowest BCUT2D eigenvalue weighted by atomic mass is 10.3. The highest BCUT2D eigenvalue weighted by atomic mass is 16.6. The zero-order valence-electron chi connectivity index (χ0n) is 10.5. The number of esters is 1. The number of allylic oxidation sites excluding steroid dienone is 1. The molecule has 0 N–H and O–H groups in total. The maximum atomic E-state index is 11.8. The highest BCUT2D eigenvalue weighted by Crippen LogP contribution is 2.23. The zero-order valence-corrected chi connectivity index (χ0v) is 10.5. The van der Waals surface area contributed by atoms with E-state index < -0.39 is 18.3 Å². The van der Waals surface area contributed by atoms with Crippen LogP contribution in [0.15, 0.2) is 12.2 Å². The number of ether oxygens (including phenoxy) is 2. The maximum absolute atomic E-state index is 11.8. The first-order valence-electron chi connectivity index (χ1n) is 5.78. The Balaban J connectivity index is 2.73. The molecule has 1 aliphatic heterocycles. The van der Waals surface area contributed by atoms with Gasteiger partial charge in [-0.05, 0) is 13.0 Å². The molecule has 0 aromatic heterocycles. The smallest absolute Gasteiger partial charge is 0.303 e. The SMILES string of the molecule is CCOC1[C@@H](OC(C)=O)CC(=O)N1C/C=C/C=O. The molecule has 0 aromatic rings. The maximum Gasteiger partial charge on any atom is 0.303 e. The molecule has 0 aromatic carbocycles. The lowest BCUT2D eigenvalue weighted by Crippen LogP contribution is -2.40. The lowest BCUT2D eigenvalue weighted by Gasteiger charge is -2.26. The van der Waals surface area contributed by atoms with Crippen LogP contribution in [0.2, 0.25) is 0 Å². The highest BCUT2D eigenvalue weighted by molar-refractivity contribution is 5.80. The van der Waals surface area contributed by atoms with Crippen molar-refractivity contribution in [1.29, 1.82) is 0 Å². The fourth-order valence-corrected chi connectivity index (χ4v) is 1.85. The van der Waals surface area contributed by atoms with E-state index in [0.29, 0.717) is 12.9 Å². The number of carbonyl (C=O) groups is 3. The molecule has 18 heavy (non-hydrogen) atoms. The Morgan fingerprint density at radius 3 is 2.83 bits per heavy atom. The molecule has 0 saturated carbocycles. The summed E-state index contributed by atoms with van der Waals surface area (Å²) in [6, 6.07) is 0. The van der Waals surface area contributed by atoms with Crippen LogP contribution in [0.4, 0.5) is 0 Å². The molecule has 1 amide bonds. The van der Waals surface area contributed by atoms with Gasteiger partial charge in [0.1, 0.15) is 6.29 Å². The summed E-state index contributed by atoms with van der Waals surface area (Å²) < 4.78 is 10.5. The first-order chi connectivity index (χ1) is 8.60. The van der Waals surface area contributed by atoms with Crippen molar-refractivity contribution in [2.75, 3.05) is 13.2 Å². The van der Waals surface area contributed by atoms with Crippen molar-refractivity contribution in [3.8, 4) is 0 Å². The standard InChI is InChI=1S/C12H17NO5/c1-3-17-12-10(18-9(2)15)8-11(16)13(12)6-4-5-7-14/h4-5,7,10,12H,3,6,8H2,1-2H3/b5-4+/t10-,12?/m0/s1. The fraction of sp³-hybridized carbons (Fsp3) is 0.583. The number of aldehydes is 1. The molecule has 1 heterocycles. The van der Waals surface area contributed by atoms with Crippen LogP contribution in [0, 0.1) is 0 Å². The predicted octanol–water partition coefficient (Wildman–Crippen LogP) is 0.268. The van der Waals surface area contributed by atoms with Gasteiger partial charge in [0.2, 0.25) is 5.91 Å². The van der Waals surface area contributed by atoms with Crippen molar-refractivity contribution in [2.24, 2.45) is 0 Å². The molecule has 6 heteroatoms. The molecule has 0 aliphatic carbocycles. The van der Waals surface area contributed by atoms with Crippen molar-refractivity contribution in [1.82, 2.24) is 4.90 Å². The van der Waals surface area contributed by atoms with E-state index in [1.165, 1.54) is 17.9 Å². The minimum Gasteiger partial charge on any atom is -0.457 e. The van der Waals surface area contributed by atoms with Gasteiger partial charge in [-0.1, -0.05) is 6.08 Å². The number of hydrogen-bond donors (Lipinski definition) is 0. The molecule has 1 rings (SSSR count). The van der Waals surface area contributed by atoms with E-state index in [0.717, 1.165) is 0 Å². The Hall–Kier alpha value is -1.69. The minimum absolute atomic E-state index is 0.110. The molecular weight excluding hydrogens is 238 g/mol. The van der Waals surface area contributed by atoms with Crippen LogP contribution in [0.25, 0.3) is 0 Å². The van der Waals surface area contributed by atoms with Crippen molar-refractivity contribution in [3.63, 3.8) is 0 Å². The van der Waals surface area contributed by atoms with Gasteiger partial charge in [0.05, 0.1) is 6.42 Å². The first-order valence-corrected chi connectivity index (χ1v) is 5.78. The van der Waals surface area contributed by atoms with Crippen molar-refractivity contribution in [2.45, 2.75) is 32.6 Å². The molecule has 0 radical (unpaired) electrons. The predicted molar refractivity (Wildman–Crippen MR) is 62.5 cm³/mol. The summed E-state index contributed by atoms with van der Waals surface area (Å²) in [5.74, 6) is -0.599. The van der Waals surface area contributed by atoms with E-state index in [9.17, 15) is 14.4 Å². The second-order valence-electron chi connectivity index (χ2n) is 3.81. The normalized spacial score (nSPS) is 23.7. The van der Waals surface area contributed by atoms with Gasteiger partial charge >= 0.3 is 5.97 Å². The second-order valence-corrected chi connectivity index (χ2v) is 3.81. The van der Waals surface area contributed by atoms with Crippen LogP contribution in [0.5, 0.6) is 0 Å². The average Bonchev–Trinajstić information content (AvgIpc) is 2.57. The third kappa shape index (κ3) is 3.66. The Labute approximate surface area is 106 Å². The van der Waals surface area contributed by atoms with Gasteiger partial charge in [0.25, 0.3) is 0 Å². The summed E-state index contributed by atoms with van der Waals surface area (Å²) in [5.41, 5.74) is 0. The monoisotopic (exact) mass is 255 g/mol. The number of amides is 1. The van der Waals surface area contributed by atoms with E-state index >= 15 is 0 Å². The summed E-state index contributed by atoms with van der Waals surface area (Å²) >= 11 is 0. The summed E-state index contributed by atoms with van der Waals surface area (Å²) in [5, 5.41) is 0. The van der Waals surface area contributed by atoms with Gasteiger partial charge in [0, 0.05) is 20.1 Å². The van der Waals surface area contributed by atoms with Crippen LogP contribution in [-0.4, -0.2) is 48.5 Å². The molecule has 100 valence electrons. The largest absolute Gasteiger partial charge is 0.457 e. The third-order valence-electron chi connectivity index (χ3n) is 2.49. The summed E-state index contributed by atoms with van der Waals surface area (Å²) in [6.45, 7) is 3.76. The van der Waals surface area contributed by atoms with E-state index in [1.807, 2.05) is 0 Å². The van der Waals surface area contributed by atoms with Gasteiger partial charge in [-0.15, -0.1) is 0 Å². The van der Waals surface area contributed by atoms with E-state index in [-0.39, 0.29) is 18.9 Å². The van der Waals surface area contributed by atoms with Crippen LogP contribution in [0.3, 0.4) is 0 Å². The minimum atomic E-state index is -0.584. The van der Waals surface area contributed by atoms with Gasteiger partial charge in [0.15, 0.2) is 12.3 Å². The number of rotatable bonds is 6. The Bertz CT molecular complexity index is 352. The number of likely N-dealkylation sites (tertiary alicyclic amines) is 1. The fourth-order valence-electron chi connectivity index (χ4n) is 1.85. The quantitative estimate of drug-likeness (QED) is 0.387. The van der Waals surface area contributed by atoms with Crippen LogP contribution < -0.4 is 0 Å². The third-order valence-corrected chi connectivity index (χ3v) is 2.49. The molecule has 1 unspecified atom stereocenters. The molecule has 0 bridgehead atoms. The Morgan fingerprint density at radius 1 is 1.56 bits per heavy atom. The van der Waals surface area contributed by atoms with E-state index in [1.54, 1.807) is 13.0 Å². The van der Waals surface area contributed by atoms with Gasteiger partial charge in [-0.25, -0.2) is 0 Å². The summed E-state index contributed by atoms with van der Waals surface area (Å²) in [7, 11) is 0. The van der Waals surface area contributed by atoms with Crippen molar-refractivity contribution in [3.05, 3.63) is 12.2 Å². The number of nitrogens with zero attached hydrogens (tertiary/aromatic N) is 1. The molecule has 1 saturated heterocycles. The van der Waals surface area contributed by atoms with Crippen molar-refractivity contribution >= 4 is 18.2 Å². The first kappa shape index (κ1) is 14.4. The van der Waals surface area contributed by atoms with Crippen LogP contribution >= 0.6 is 0 Å². The van der Waals surface area contributed by atoms with Gasteiger partial charge in [-0.3, -0.25) is 14.4 Å². The Morgan fingerprint density at radius 2 is 2.28 bits per heavy atom. The molecule has 0 spiro atoms. The molecule has 1 fully saturated rings. The van der Waals surface area contributed by atoms with Gasteiger partial charge in [-0.2, -0.15) is 0 Å². The molecule has 2 atom stereocenters. The molecule has 6 nitrogen and oxygen atoms in total. The molecular formula is C12H17NO5. The van der Waals surface area contributed by atoms with Gasteiger partial charge < -0.3 is 14.4 Å². The Kier molecular flexibility index (Phi) is 5.51. The number of carbonyl (C=O) groups excluding carboxylic acids is 3. The van der Waals surface area contributed by atoms with E-state index in [4.69, 9.17) is 9.47 Å². The highest BCUT2D eigenvalue weighted by Gasteiger charge is 2.41. The lowest BCUT2D eigenvalue weighted by molar-refractivity contribution is -0.160. The van der Waals surface area contributed by atoms with Crippen molar-refractivity contribution < 1.29 is 23.9 Å². The molecule has 1 aliphatic rings. The van der Waals surface area contributed by atoms with E-state index in [2.05, 4.69) is 0 Å². The van der Waals surface area contributed by atoms with Crippen LogP contribution in [-0.2, 0) is 23.9 Å². The summed E-state index contributed by atoms with van der Waals surface area (Å²) in [6.07, 6.45) is 2.46.